The third-order valence-corrected chi connectivity index (χ3v) is 5.38. The predicted octanol–water partition coefficient (Wildman–Crippen LogP) is 5.49. The van der Waals surface area contributed by atoms with Crippen LogP contribution in [0.15, 0.2) is 54.6 Å². The topological polar surface area (TPSA) is 42.0 Å². The van der Waals surface area contributed by atoms with Gasteiger partial charge in [-0.15, -0.1) is 0 Å². The van der Waals surface area contributed by atoms with E-state index in [9.17, 15) is 18.0 Å². The van der Waals surface area contributed by atoms with E-state index in [1.807, 2.05) is 18.2 Å². The fraction of sp³-hybridized carbons (Fsp3) is 0.304. The number of fused-ring (bicyclic) bond motifs is 1. The van der Waals surface area contributed by atoms with E-state index in [-0.39, 0.29) is 11.7 Å². The van der Waals surface area contributed by atoms with Gasteiger partial charge in [0, 0.05) is 22.9 Å². The lowest BCUT2D eigenvalue weighted by Crippen LogP contribution is -2.31. The van der Waals surface area contributed by atoms with E-state index in [1.165, 1.54) is 6.07 Å². The maximum atomic E-state index is 13.1. The Morgan fingerprint density at radius 2 is 1.93 bits per heavy atom. The molecule has 1 saturated heterocycles. The highest BCUT2D eigenvalue weighted by molar-refractivity contribution is 6.08. The fourth-order valence-corrected chi connectivity index (χ4v) is 3.88. The number of rotatable bonds is 4. The Bertz CT molecular complexity index is 1040. The molecule has 0 radical (unpaired) electrons. The van der Waals surface area contributed by atoms with Gasteiger partial charge in [-0.05, 0) is 56.1 Å². The lowest BCUT2D eigenvalue weighted by Gasteiger charge is -2.22. The summed E-state index contributed by atoms with van der Waals surface area (Å²) in [7, 11) is 0. The molecule has 3 aromatic rings. The van der Waals surface area contributed by atoms with Crippen molar-refractivity contribution >= 4 is 16.7 Å². The zero-order valence-electron chi connectivity index (χ0n) is 15.8. The molecule has 1 aromatic heterocycles. The molecule has 1 aliphatic heterocycles. The number of Topliss-reactive ketones (excluding diaryl/α,β-unsaturated/α-hetero) is 1. The van der Waals surface area contributed by atoms with Crippen LogP contribution in [0.1, 0.15) is 35.2 Å². The van der Waals surface area contributed by atoms with Crippen molar-refractivity contribution < 1.29 is 18.0 Å². The highest BCUT2D eigenvalue weighted by Crippen LogP contribution is 2.33. The maximum absolute atomic E-state index is 13.1. The molecule has 1 aliphatic rings. The number of pyridine rings is 1. The minimum atomic E-state index is -4.43. The van der Waals surface area contributed by atoms with Crippen LogP contribution in [0, 0.1) is 5.92 Å². The standard InChI is InChI=1S/C23H21F3N2O/c24-23(25,26)17-7-3-6-16(12-17)21-13-19(18-8-1-2-9-20(18)28-21)22(29)11-15-5-4-10-27-14-15/h1-3,6-9,12-13,15,27H,4-5,10-11,14H2. The van der Waals surface area contributed by atoms with Gasteiger partial charge in [-0.25, -0.2) is 4.98 Å². The van der Waals surface area contributed by atoms with E-state index < -0.39 is 11.7 Å². The molecule has 0 amide bonds. The van der Waals surface area contributed by atoms with Crippen LogP contribution in [-0.2, 0) is 6.18 Å². The fourth-order valence-electron chi connectivity index (χ4n) is 3.88. The van der Waals surface area contributed by atoms with Crippen molar-refractivity contribution in [1.82, 2.24) is 10.3 Å². The van der Waals surface area contributed by atoms with Crippen LogP contribution in [0.3, 0.4) is 0 Å². The first-order chi connectivity index (χ1) is 13.9. The minimum absolute atomic E-state index is 0.00512. The molecule has 1 unspecified atom stereocenters. The smallest absolute Gasteiger partial charge is 0.316 e. The summed E-state index contributed by atoms with van der Waals surface area (Å²) in [5.74, 6) is 0.283. The van der Waals surface area contributed by atoms with Crippen molar-refractivity contribution in [3.05, 3.63) is 65.7 Å². The normalized spacial score (nSPS) is 17.4. The lowest BCUT2D eigenvalue weighted by atomic mass is 9.90. The summed E-state index contributed by atoms with van der Waals surface area (Å²) in [4.78, 5) is 17.6. The van der Waals surface area contributed by atoms with E-state index in [1.54, 1.807) is 18.2 Å². The third-order valence-electron chi connectivity index (χ3n) is 5.38. The molecule has 0 spiro atoms. The Balaban J connectivity index is 1.76. The average Bonchev–Trinajstić information content (AvgIpc) is 2.73. The van der Waals surface area contributed by atoms with E-state index in [0.29, 0.717) is 28.8 Å². The molecule has 1 atom stereocenters. The van der Waals surface area contributed by atoms with Crippen molar-refractivity contribution in [2.24, 2.45) is 5.92 Å². The molecule has 2 aromatic carbocycles. The molecule has 150 valence electrons. The number of aromatic nitrogens is 1. The molecule has 0 aliphatic carbocycles. The van der Waals surface area contributed by atoms with Gasteiger partial charge >= 0.3 is 6.18 Å². The molecule has 6 heteroatoms. The Labute approximate surface area is 167 Å². The van der Waals surface area contributed by atoms with Crippen LogP contribution in [0.25, 0.3) is 22.2 Å². The summed E-state index contributed by atoms with van der Waals surface area (Å²) >= 11 is 0. The summed E-state index contributed by atoms with van der Waals surface area (Å²) in [6.45, 7) is 1.79. The maximum Gasteiger partial charge on any atom is 0.416 e. The van der Waals surface area contributed by atoms with E-state index in [2.05, 4.69) is 10.3 Å². The second kappa shape index (κ2) is 7.95. The molecule has 2 heterocycles. The number of ketones is 1. The zero-order chi connectivity index (χ0) is 20.4. The van der Waals surface area contributed by atoms with Gasteiger partial charge in [0.15, 0.2) is 5.78 Å². The molecular weight excluding hydrogens is 377 g/mol. The largest absolute Gasteiger partial charge is 0.416 e. The van der Waals surface area contributed by atoms with Gasteiger partial charge in [-0.2, -0.15) is 13.2 Å². The first-order valence-electron chi connectivity index (χ1n) is 9.73. The number of alkyl halides is 3. The number of para-hydroxylation sites is 1. The van der Waals surface area contributed by atoms with Crippen molar-refractivity contribution in [2.75, 3.05) is 13.1 Å². The number of halogens is 3. The van der Waals surface area contributed by atoms with Gasteiger partial charge in [0.1, 0.15) is 0 Å². The van der Waals surface area contributed by atoms with Crippen LogP contribution in [0.4, 0.5) is 13.2 Å². The van der Waals surface area contributed by atoms with Gasteiger partial charge in [0.05, 0.1) is 16.8 Å². The van der Waals surface area contributed by atoms with Crippen LogP contribution >= 0.6 is 0 Å². The first-order valence-corrected chi connectivity index (χ1v) is 9.73. The SMILES string of the molecule is O=C(CC1CCCNC1)c1cc(-c2cccc(C(F)(F)F)c2)nc2ccccc12. The third kappa shape index (κ3) is 4.32. The monoisotopic (exact) mass is 398 g/mol. The van der Waals surface area contributed by atoms with Crippen molar-refractivity contribution in [3.8, 4) is 11.3 Å². The number of nitrogens with zero attached hydrogens (tertiary/aromatic N) is 1. The molecular formula is C23H21F3N2O. The van der Waals surface area contributed by atoms with Crippen molar-refractivity contribution in [2.45, 2.75) is 25.4 Å². The summed E-state index contributed by atoms with van der Waals surface area (Å²) in [5, 5.41) is 4.05. The Kier molecular flexibility index (Phi) is 5.37. The molecule has 29 heavy (non-hydrogen) atoms. The summed E-state index contributed by atoms with van der Waals surface area (Å²) in [5.41, 5.74) is 1.12. The first kappa shape index (κ1) is 19.6. The van der Waals surface area contributed by atoms with E-state index >= 15 is 0 Å². The molecule has 0 saturated carbocycles. The Morgan fingerprint density at radius 3 is 2.69 bits per heavy atom. The minimum Gasteiger partial charge on any atom is -0.316 e. The second-order valence-electron chi connectivity index (χ2n) is 7.49. The molecule has 4 rings (SSSR count). The number of nitrogens with one attached hydrogen (secondary N) is 1. The lowest BCUT2D eigenvalue weighted by molar-refractivity contribution is -0.137. The number of hydrogen-bond acceptors (Lipinski definition) is 3. The van der Waals surface area contributed by atoms with Crippen molar-refractivity contribution in [1.29, 1.82) is 0 Å². The van der Waals surface area contributed by atoms with Gasteiger partial charge in [0.25, 0.3) is 0 Å². The van der Waals surface area contributed by atoms with E-state index in [0.717, 1.165) is 43.5 Å². The number of carbonyl (C=O) groups excluding carboxylic acids is 1. The Morgan fingerprint density at radius 1 is 1.10 bits per heavy atom. The number of carbonyl (C=O) groups is 1. The van der Waals surface area contributed by atoms with Crippen molar-refractivity contribution in [3.63, 3.8) is 0 Å². The van der Waals surface area contributed by atoms with E-state index in [4.69, 9.17) is 0 Å². The average molecular weight is 398 g/mol. The van der Waals surface area contributed by atoms with Gasteiger partial charge in [-0.1, -0.05) is 30.3 Å². The number of hydrogen-bond donors (Lipinski definition) is 1. The highest BCUT2D eigenvalue weighted by Gasteiger charge is 2.30. The van der Waals surface area contributed by atoms with Gasteiger partial charge < -0.3 is 5.32 Å². The quantitative estimate of drug-likeness (QED) is 0.591. The van der Waals surface area contributed by atoms with Crippen LogP contribution in [-0.4, -0.2) is 23.9 Å². The number of benzene rings is 2. The molecule has 1 fully saturated rings. The Hall–Kier alpha value is -2.73. The van der Waals surface area contributed by atoms with Crippen LogP contribution in [0.5, 0.6) is 0 Å². The molecule has 1 N–H and O–H groups in total. The molecule has 3 nitrogen and oxygen atoms in total. The van der Waals surface area contributed by atoms with Gasteiger partial charge in [-0.3, -0.25) is 4.79 Å². The second-order valence-corrected chi connectivity index (χ2v) is 7.49. The summed E-state index contributed by atoms with van der Waals surface area (Å²) in [6, 6.07) is 14.0. The van der Waals surface area contributed by atoms with Crippen LogP contribution < -0.4 is 5.32 Å². The predicted molar refractivity (Wildman–Crippen MR) is 107 cm³/mol. The van der Waals surface area contributed by atoms with Crippen LogP contribution in [0.2, 0.25) is 0 Å². The number of piperidine rings is 1. The summed E-state index contributed by atoms with van der Waals surface area (Å²) < 4.78 is 39.4. The van der Waals surface area contributed by atoms with Gasteiger partial charge in [0.2, 0.25) is 0 Å². The highest BCUT2D eigenvalue weighted by atomic mass is 19.4. The molecule has 0 bridgehead atoms. The summed E-state index contributed by atoms with van der Waals surface area (Å²) in [6.07, 6.45) is -1.96. The zero-order valence-corrected chi connectivity index (χ0v) is 15.8.